The van der Waals surface area contributed by atoms with Gasteiger partial charge >= 0.3 is 0 Å². The number of aliphatic hydroxyl groups is 1. The van der Waals surface area contributed by atoms with Crippen LogP contribution in [0.25, 0.3) is 0 Å². The van der Waals surface area contributed by atoms with Crippen LogP contribution in [0.5, 0.6) is 0 Å². The van der Waals surface area contributed by atoms with Gasteiger partial charge in [-0.25, -0.2) is 0 Å². The standard InChI is InChI=1S/C9H12N2OS/c1-6-8(12)11-9(13-6)7-2-4-10-5-3-7/h2-6,8-9,11-12H,1H3. The molecule has 1 aromatic rings. The van der Waals surface area contributed by atoms with Crippen LogP contribution < -0.4 is 5.32 Å². The first kappa shape index (κ1) is 8.99. The zero-order valence-corrected chi connectivity index (χ0v) is 8.16. The van der Waals surface area contributed by atoms with Crippen molar-refractivity contribution in [3.8, 4) is 0 Å². The molecule has 3 unspecified atom stereocenters. The molecule has 1 aliphatic rings. The van der Waals surface area contributed by atoms with Crippen LogP contribution >= 0.6 is 11.8 Å². The Hall–Kier alpha value is -0.580. The monoisotopic (exact) mass is 196 g/mol. The molecule has 0 radical (unpaired) electrons. The third kappa shape index (κ3) is 1.85. The zero-order valence-electron chi connectivity index (χ0n) is 7.34. The molecule has 2 rings (SSSR count). The Morgan fingerprint density at radius 3 is 2.69 bits per heavy atom. The third-order valence-electron chi connectivity index (χ3n) is 2.13. The van der Waals surface area contributed by atoms with Crippen LogP contribution in [0, 0.1) is 0 Å². The number of thioether (sulfide) groups is 1. The van der Waals surface area contributed by atoms with Crippen molar-refractivity contribution in [1.29, 1.82) is 0 Å². The number of pyridine rings is 1. The SMILES string of the molecule is CC1SC(c2ccncc2)NC1O. The lowest BCUT2D eigenvalue weighted by Gasteiger charge is -2.09. The van der Waals surface area contributed by atoms with Gasteiger partial charge in [0.2, 0.25) is 0 Å². The summed E-state index contributed by atoms with van der Waals surface area (Å²) in [7, 11) is 0. The molecule has 2 N–H and O–H groups in total. The van der Waals surface area contributed by atoms with Crippen LogP contribution in [-0.2, 0) is 0 Å². The lowest BCUT2D eigenvalue weighted by atomic mass is 10.2. The highest BCUT2D eigenvalue weighted by molar-refractivity contribution is 8.00. The van der Waals surface area contributed by atoms with E-state index in [9.17, 15) is 5.11 Å². The van der Waals surface area contributed by atoms with Gasteiger partial charge in [0.25, 0.3) is 0 Å². The van der Waals surface area contributed by atoms with Crippen LogP contribution in [0.15, 0.2) is 24.5 Å². The molecule has 0 aliphatic carbocycles. The predicted molar refractivity (Wildman–Crippen MR) is 53.2 cm³/mol. The summed E-state index contributed by atoms with van der Waals surface area (Å²) in [6, 6.07) is 3.94. The Morgan fingerprint density at radius 2 is 2.15 bits per heavy atom. The topological polar surface area (TPSA) is 45.2 Å². The first-order valence-electron chi connectivity index (χ1n) is 4.27. The lowest BCUT2D eigenvalue weighted by Crippen LogP contribution is -2.28. The minimum absolute atomic E-state index is 0.202. The highest BCUT2D eigenvalue weighted by atomic mass is 32.2. The summed E-state index contributed by atoms with van der Waals surface area (Å²) in [6.45, 7) is 2.02. The van der Waals surface area contributed by atoms with Gasteiger partial charge in [0.1, 0.15) is 6.23 Å². The van der Waals surface area contributed by atoms with Crippen LogP contribution in [0.2, 0.25) is 0 Å². The van der Waals surface area contributed by atoms with Crippen LogP contribution in [0.1, 0.15) is 17.9 Å². The van der Waals surface area contributed by atoms with Crippen molar-refractivity contribution in [3.05, 3.63) is 30.1 Å². The molecule has 1 fully saturated rings. The van der Waals surface area contributed by atoms with E-state index in [0.29, 0.717) is 0 Å². The van der Waals surface area contributed by atoms with Crippen LogP contribution in [0.3, 0.4) is 0 Å². The predicted octanol–water partition coefficient (Wildman–Crippen LogP) is 1.12. The van der Waals surface area contributed by atoms with Crippen molar-refractivity contribution in [1.82, 2.24) is 10.3 Å². The van der Waals surface area contributed by atoms with Gasteiger partial charge in [0.05, 0.1) is 5.37 Å². The molecule has 4 heteroatoms. The second kappa shape index (κ2) is 3.65. The zero-order chi connectivity index (χ0) is 9.26. The Balaban J connectivity index is 2.12. The summed E-state index contributed by atoms with van der Waals surface area (Å²) >= 11 is 1.74. The van der Waals surface area contributed by atoms with E-state index in [0.717, 1.165) is 0 Å². The normalized spacial score (nSPS) is 33.5. The van der Waals surface area contributed by atoms with Gasteiger partial charge in [-0.2, -0.15) is 0 Å². The van der Waals surface area contributed by atoms with E-state index in [1.54, 1.807) is 24.2 Å². The number of hydrogen-bond donors (Lipinski definition) is 2. The van der Waals surface area contributed by atoms with Crippen molar-refractivity contribution < 1.29 is 5.11 Å². The van der Waals surface area contributed by atoms with Gasteiger partial charge in [0.15, 0.2) is 0 Å². The van der Waals surface area contributed by atoms with Gasteiger partial charge in [-0.3, -0.25) is 10.3 Å². The van der Waals surface area contributed by atoms with Crippen LogP contribution in [-0.4, -0.2) is 21.6 Å². The summed E-state index contributed by atoms with van der Waals surface area (Å²) in [5, 5.41) is 13.0. The minimum atomic E-state index is -0.400. The van der Waals surface area contributed by atoms with Gasteiger partial charge < -0.3 is 5.11 Å². The molecule has 13 heavy (non-hydrogen) atoms. The number of hydrogen-bond acceptors (Lipinski definition) is 4. The average molecular weight is 196 g/mol. The first-order valence-corrected chi connectivity index (χ1v) is 5.21. The molecule has 0 aromatic carbocycles. The maximum atomic E-state index is 9.48. The molecule has 2 heterocycles. The van der Waals surface area contributed by atoms with E-state index in [1.165, 1.54) is 5.56 Å². The number of nitrogens with one attached hydrogen (secondary N) is 1. The molecule has 1 aromatic heterocycles. The summed E-state index contributed by atoms with van der Waals surface area (Å²) in [4.78, 5) is 3.96. The molecule has 3 atom stereocenters. The van der Waals surface area contributed by atoms with E-state index in [2.05, 4.69) is 10.3 Å². The highest BCUT2D eigenvalue weighted by Gasteiger charge is 2.30. The Kier molecular flexibility index (Phi) is 2.53. The molecular formula is C9H12N2OS. The molecule has 3 nitrogen and oxygen atoms in total. The van der Waals surface area contributed by atoms with Crippen LogP contribution in [0.4, 0.5) is 0 Å². The molecule has 1 aliphatic heterocycles. The second-order valence-corrected chi connectivity index (χ2v) is 4.60. The Morgan fingerprint density at radius 1 is 1.46 bits per heavy atom. The number of nitrogens with zero attached hydrogens (tertiary/aromatic N) is 1. The maximum Gasteiger partial charge on any atom is 0.117 e. The van der Waals surface area contributed by atoms with E-state index >= 15 is 0 Å². The first-order chi connectivity index (χ1) is 6.27. The average Bonchev–Trinajstić information content (AvgIpc) is 2.49. The third-order valence-corrected chi connectivity index (χ3v) is 3.49. The largest absolute Gasteiger partial charge is 0.377 e. The summed E-state index contributed by atoms with van der Waals surface area (Å²) in [5.41, 5.74) is 1.17. The van der Waals surface area contributed by atoms with Crippen molar-refractivity contribution >= 4 is 11.8 Å². The molecule has 70 valence electrons. The lowest BCUT2D eigenvalue weighted by molar-refractivity contribution is 0.146. The second-order valence-electron chi connectivity index (χ2n) is 3.11. The van der Waals surface area contributed by atoms with E-state index in [1.807, 2.05) is 19.1 Å². The quantitative estimate of drug-likeness (QED) is 0.706. The fraction of sp³-hybridized carbons (Fsp3) is 0.444. The number of aromatic nitrogens is 1. The smallest absolute Gasteiger partial charge is 0.117 e. The molecule has 0 bridgehead atoms. The number of rotatable bonds is 1. The van der Waals surface area contributed by atoms with Gasteiger partial charge in [-0.05, 0) is 24.6 Å². The van der Waals surface area contributed by atoms with Crippen molar-refractivity contribution in [2.24, 2.45) is 0 Å². The van der Waals surface area contributed by atoms with E-state index < -0.39 is 6.23 Å². The maximum absolute atomic E-state index is 9.48. The Bertz CT molecular complexity index is 270. The fourth-order valence-electron chi connectivity index (χ4n) is 1.33. The van der Waals surface area contributed by atoms with Crippen molar-refractivity contribution in [3.63, 3.8) is 0 Å². The molecule has 0 saturated carbocycles. The van der Waals surface area contributed by atoms with Gasteiger partial charge in [0, 0.05) is 17.6 Å². The molecule has 0 amide bonds. The minimum Gasteiger partial charge on any atom is -0.377 e. The summed E-state index contributed by atoms with van der Waals surface area (Å²) in [6.07, 6.45) is 3.14. The molecule has 0 spiro atoms. The van der Waals surface area contributed by atoms with E-state index in [4.69, 9.17) is 0 Å². The summed E-state index contributed by atoms with van der Waals surface area (Å²) in [5.74, 6) is 0. The fourth-order valence-corrected chi connectivity index (χ4v) is 2.52. The number of aliphatic hydroxyl groups excluding tert-OH is 1. The highest BCUT2D eigenvalue weighted by Crippen LogP contribution is 2.36. The Labute approximate surface area is 81.6 Å². The van der Waals surface area contributed by atoms with Crippen molar-refractivity contribution in [2.75, 3.05) is 0 Å². The van der Waals surface area contributed by atoms with Gasteiger partial charge in [-0.1, -0.05) is 0 Å². The molecular weight excluding hydrogens is 184 g/mol. The van der Waals surface area contributed by atoms with Gasteiger partial charge in [-0.15, -0.1) is 11.8 Å². The molecule has 1 saturated heterocycles. The van der Waals surface area contributed by atoms with E-state index in [-0.39, 0.29) is 10.6 Å². The van der Waals surface area contributed by atoms with Crippen molar-refractivity contribution in [2.45, 2.75) is 23.8 Å². The summed E-state index contributed by atoms with van der Waals surface area (Å²) < 4.78 is 0.